The molecule has 3 rings (SSSR count). The number of likely N-dealkylation sites (tertiary alicyclic amines) is 1. The van der Waals surface area contributed by atoms with E-state index in [1.165, 1.54) is 6.07 Å². The molecule has 3 nitrogen and oxygen atoms in total. The Morgan fingerprint density at radius 1 is 1.04 bits per heavy atom. The van der Waals surface area contributed by atoms with Crippen LogP contribution in [0.1, 0.15) is 29.2 Å². The molecule has 122 valence electrons. The van der Waals surface area contributed by atoms with Gasteiger partial charge in [0.2, 0.25) is 0 Å². The van der Waals surface area contributed by atoms with Crippen molar-refractivity contribution in [3.8, 4) is 0 Å². The maximum atomic E-state index is 14.1. The predicted molar refractivity (Wildman–Crippen MR) is 82.5 cm³/mol. The molecular weight excluding hydrogens is 300 g/mol. The van der Waals surface area contributed by atoms with E-state index >= 15 is 0 Å². The Balaban J connectivity index is 1.83. The van der Waals surface area contributed by atoms with Crippen LogP contribution >= 0.6 is 0 Å². The molecule has 1 aliphatic rings. The monoisotopic (exact) mass is 319 g/mol. The second-order valence-corrected chi connectivity index (χ2v) is 5.98. The highest BCUT2D eigenvalue weighted by Gasteiger charge is 2.33. The van der Waals surface area contributed by atoms with Crippen LogP contribution in [-0.4, -0.2) is 27.8 Å². The molecule has 0 radical (unpaired) electrons. The maximum Gasteiger partial charge on any atom is 0.128 e. The Hall–Kier alpha value is -1.82. The summed E-state index contributed by atoms with van der Waals surface area (Å²) in [4.78, 5) is 1.95. The van der Waals surface area contributed by atoms with Gasteiger partial charge in [-0.05, 0) is 35.7 Å². The second kappa shape index (κ2) is 6.74. The van der Waals surface area contributed by atoms with E-state index in [9.17, 15) is 13.9 Å². The molecule has 1 saturated heterocycles. The van der Waals surface area contributed by atoms with Crippen molar-refractivity contribution in [3.63, 3.8) is 0 Å². The van der Waals surface area contributed by atoms with Gasteiger partial charge in [0.15, 0.2) is 0 Å². The van der Waals surface area contributed by atoms with E-state index in [4.69, 9.17) is 5.11 Å². The van der Waals surface area contributed by atoms with Crippen molar-refractivity contribution < 1.29 is 19.0 Å². The number of benzene rings is 2. The van der Waals surface area contributed by atoms with Crippen molar-refractivity contribution in [1.82, 2.24) is 4.90 Å². The largest absolute Gasteiger partial charge is 0.392 e. The summed E-state index contributed by atoms with van der Waals surface area (Å²) in [5.41, 5.74) is 2.11. The minimum atomic E-state index is -0.556. The first-order chi connectivity index (χ1) is 11.1. The van der Waals surface area contributed by atoms with Crippen LogP contribution in [0, 0.1) is 11.6 Å². The third-order valence-electron chi connectivity index (χ3n) is 4.29. The molecule has 2 aromatic rings. The SMILES string of the molecule is OCc1ccc(CN2C[C@H](O)C[C@H]2c2cc(F)ccc2F)cc1. The lowest BCUT2D eigenvalue weighted by Crippen LogP contribution is -2.25. The molecule has 0 unspecified atom stereocenters. The lowest BCUT2D eigenvalue weighted by atomic mass is 10.0. The van der Waals surface area contributed by atoms with Gasteiger partial charge in [-0.2, -0.15) is 0 Å². The lowest BCUT2D eigenvalue weighted by molar-refractivity contribution is 0.172. The third-order valence-corrected chi connectivity index (χ3v) is 4.29. The van der Waals surface area contributed by atoms with Crippen LogP contribution in [0.15, 0.2) is 42.5 Å². The van der Waals surface area contributed by atoms with Crippen molar-refractivity contribution in [2.45, 2.75) is 31.7 Å². The fourth-order valence-corrected chi connectivity index (χ4v) is 3.13. The van der Waals surface area contributed by atoms with E-state index in [1.807, 2.05) is 29.2 Å². The Morgan fingerprint density at radius 3 is 2.43 bits per heavy atom. The van der Waals surface area contributed by atoms with Crippen molar-refractivity contribution in [2.24, 2.45) is 0 Å². The van der Waals surface area contributed by atoms with Crippen LogP contribution in [0.4, 0.5) is 8.78 Å². The standard InChI is InChI=1S/C18H19F2NO2/c19-14-5-6-17(20)16(7-14)18-8-15(23)10-21(18)9-12-1-3-13(11-22)4-2-12/h1-7,15,18,22-23H,8-11H2/t15-,18+/m1/s1. The van der Waals surface area contributed by atoms with Crippen molar-refractivity contribution in [3.05, 3.63) is 70.8 Å². The highest BCUT2D eigenvalue weighted by atomic mass is 19.1. The average Bonchev–Trinajstić information content (AvgIpc) is 2.91. The number of hydrogen-bond acceptors (Lipinski definition) is 3. The molecule has 5 heteroatoms. The van der Waals surface area contributed by atoms with E-state index in [0.717, 1.165) is 23.3 Å². The van der Waals surface area contributed by atoms with Crippen LogP contribution in [0.25, 0.3) is 0 Å². The van der Waals surface area contributed by atoms with Crippen LogP contribution in [0.5, 0.6) is 0 Å². The quantitative estimate of drug-likeness (QED) is 0.911. The molecule has 2 atom stereocenters. The summed E-state index contributed by atoms with van der Waals surface area (Å²) in [6, 6.07) is 10.5. The van der Waals surface area contributed by atoms with Gasteiger partial charge < -0.3 is 10.2 Å². The minimum absolute atomic E-state index is 0.0141. The molecule has 1 fully saturated rings. The van der Waals surface area contributed by atoms with Gasteiger partial charge in [0.1, 0.15) is 11.6 Å². The minimum Gasteiger partial charge on any atom is -0.392 e. The normalized spacial score (nSPS) is 21.7. The van der Waals surface area contributed by atoms with Crippen molar-refractivity contribution in [1.29, 1.82) is 0 Å². The molecule has 0 bridgehead atoms. The predicted octanol–water partition coefficient (Wildman–Crippen LogP) is 2.77. The van der Waals surface area contributed by atoms with E-state index in [1.54, 1.807) is 0 Å². The zero-order chi connectivity index (χ0) is 16.4. The summed E-state index contributed by atoms with van der Waals surface area (Å²) in [6.07, 6.45) is -0.172. The summed E-state index contributed by atoms with van der Waals surface area (Å²) >= 11 is 0. The summed E-state index contributed by atoms with van der Waals surface area (Å²) < 4.78 is 27.5. The first kappa shape index (κ1) is 16.1. The van der Waals surface area contributed by atoms with E-state index in [2.05, 4.69) is 0 Å². The molecule has 0 aliphatic carbocycles. The van der Waals surface area contributed by atoms with Gasteiger partial charge in [0, 0.05) is 24.7 Å². The van der Waals surface area contributed by atoms with Crippen LogP contribution in [0.2, 0.25) is 0 Å². The molecule has 0 saturated carbocycles. The van der Waals surface area contributed by atoms with Gasteiger partial charge in [-0.25, -0.2) is 8.78 Å². The summed E-state index contributed by atoms with van der Waals surface area (Å²) in [5.74, 6) is -0.929. The summed E-state index contributed by atoms with van der Waals surface area (Å²) in [5, 5.41) is 19.0. The maximum absolute atomic E-state index is 14.1. The summed E-state index contributed by atoms with van der Waals surface area (Å²) in [7, 11) is 0. The number of halogens is 2. The van der Waals surface area contributed by atoms with Gasteiger partial charge in [-0.15, -0.1) is 0 Å². The van der Waals surface area contributed by atoms with Gasteiger partial charge in [-0.3, -0.25) is 4.90 Å². The lowest BCUT2D eigenvalue weighted by Gasteiger charge is -2.25. The number of β-amino-alcohol motifs (C(OH)–C–C–N with tert-alkyl or cyclic N) is 1. The van der Waals surface area contributed by atoms with E-state index < -0.39 is 17.7 Å². The number of aliphatic hydroxyl groups is 2. The number of nitrogens with zero attached hydrogens (tertiary/aromatic N) is 1. The smallest absolute Gasteiger partial charge is 0.128 e. The van der Waals surface area contributed by atoms with Crippen molar-refractivity contribution in [2.75, 3.05) is 6.54 Å². The first-order valence-corrected chi connectivity index (χ1v) is 7.62. The fraction of sp³-hybridized carbons (Fsp3) is 0.333. The Morgan fingerprint density at radius 2 is 1.74 bits per heavy atom. The summed E-state index contributed by atoms with van der Waals surface area (Å²) in [6.45, 7) is 0.936. The molecule has 23 heavy (non-hydrogen) atoms. The van der Waals surface area contributed by atoms with Crippen LogP contribution in [0.3, 0.4) is 0 Å². The van der Waals surface area contributed by atoms with Crippen molar-refractivity contribution >= 4 is 0 Å². The highest BCUT2D eigenvalue weighted by molar-refractivity contribution is 5.26. The van der Waals surface area contributed by atoms with Gasteiger partial charge in [0.25, 0.3) is 0 Å². The Labute approximate surface area is 133 Å². The molecule has 2 N–H and O–H groups in total. The van der Waals surface area contributed by atoms with Crippen LogP contribution in [-0.2, 0) is 13.2 Å². The number of hydrogen-bond donors (Lipinski definition) is 2. The highest BCUT2D eigenvalue weighted by Crippen LogP contribution is 2.35. The van der Waals surface area contributed by atoms with Gasteiger partial charge in [0.05, 0.1) is 12.7 Å². The zero-order valence-electron chi connectivity index (χ0n) is 12.6. The molecule has 0 aromatic heterocycles. The van der Waals surface area contributed by atoms with E-state index in [-0.39, 0.29) is 18.2 Å². The molecule has 1 aliphatic heterocycles. The zero-order valence-corrected chi connectivity index (χ0v) is 12.6. The molecule has 1 heterocycles. The Kier molecular flexibility index (Phi) is 4.71. The van der Waals surface area contributed by atoms with Gasteiger partial charge >= 0.3 is 0 Å². The molecule has 0 spiro atoms. The molecular formula is C18H19F2NO2. The first-order valence-electron chi connectivity index (χ1n) is 7.62. The average molecular weight is 319 g/mol. The Bertz CT molecular complexity index is 675. The van der Waals surface area contributed by atoms with E-state index in [0.29, 0.717) is 19.5 Å². The number of aliphatic hydroxyl groups excluding tert-OH is 2. The fourth-order valence-electron chi connectivity index (χ4n) is 3.13. The molecule has 2 aromatic carbocycles. The van der Waals surface area contributed by atoms with Crippen LogP contribution < -0.4 is 0 Å². The second-order valence-electron chi connectivity index (χ2n) is 5.98. The van der Waals surface area contributed by atoms with Gasteiger partial charge in [-0.1, -0.05) is 24.3 Å². The number of rotatable bonds is 4. The molecule has 0 amide bonds. The third kappa shape index (κ3) is 3.58. The topological polar surface area (TPSA) is 43.7 Å².